The Morgan fingerprint density at radius 3 is 2.49 bits per heavy atom. The molecule has 4 amide bonds. The maximum Gasteiger partial charge on any atom is 0.407 e. The molecule has 16 heteroatoms. The summed E-state index contributed by atoms with van der Waals surface area (Å²) in [6.07, 6.45) is -0.791. The van der Waals surface area contributed by atoms with E-state index in [0.717, 1.165) is 23.1 Å². The minimum Gasteiger partial charge on any atom is -0.480 e. The van der Waals surface area contributed by atoms with Crippen molar-refractivity contribution in [2.75, 3.05) is 26.1 Å². The highest BCUT2D eigenvalue weighted by molar-refractivity contribution is 8.00. The van der Waals surface area contributed by atoms with Crippen molar-refractivity contribution in [3.63, 3.8) is 0 Å². The van der Waals surface area contributed by atoms with Crippen LogP contribution in [0.5, 0.6) is 0 Å². The van der Waals surface area contributed by atoms with Gasteiger partial charge in [-0.3, -0.25) is 14.5 Å². The lowest BCUT2D eigenvalue weighted by molar-refractivity contribution is -0.192. The lowest BCUT2D eigenvalue weighted by Crippen LogP contribution is -2.80. The van der Waals surface area contributed by atoms with Crippen molar-refractivity contribution in [2.45, 2.75) is 56.2 Å². The zero-order chi connectivity index (χ0) is 27.8. The number of alkyl carbamates (subject to hydrolysis) is 1. The number of carboxylic acids is 2. The van der Waals surface area contributed by atoms with Crippen LogP contribution in [-0.4, -0.2) is 94.3 Å². The van der Waals surface area contributed by atoms with Crippen molar-refractivity contribution in [2.24, 2.45) is 5.73 Å². The first-order chi connectivity index (χ1) is 17.5. The molecule has 0 saturated carbocycles. The number of carbonyl (C=O) groups excluding carboxylic acids is 4. The van der Waals surface area contributed by atoms with E-state index in [1.807, 2.05) is 6.92 Å². The van der Waals surface area contributed by atoms with Gasteiger partial charge in [0.05, 0.1) is 6.61 Å². The number of hydrogen-bond acceptors (Lipinski definition) is 10. The van der Waals surface area contributed by atoms with Crippen molar-refractivity contribution < 1.29 is 53.2 Å². The number of nitrogens with one attached hydrogen (secondary N) is 2. The molecule has 2 aliphatic heterocycles. The number of rotatable bonds is 14. The molecule has 0 aliphatic carbocycles. The minimum atomic E-state index is -1.84. The quantitative estimate of drug-likeness (QED) is 0.110. The zero-order valence-corrected chi connectivity index (χ0v) is 21.1. The molecular weight excluding hydrogens is 516 g/mol. The number of carbonyl (C=O) groups is 6. The van der Waals surface area contributed by atoms with E-state index in [4.69, 9.17) is 15.2 Å². The minimum absolute atomic E-state index is 0.0441. The predicted molar refractivity (Wildman–Crippen MR) is 126 cm³/mol. The smallest absolute Gasteiger partial charge is 0.407 e. The summed E-state index contributed by atoms with van der Waals surface area (Å²) < 4.78 is 14.9. The molecular formula is C21H30N4O11S. The third kappa shape index (κ3) is 7.03. The van der Waals surface area contributed by atoms with Crippen LogP contribution in [0.4, 0.5) is 9.59 Å². The summed E-state index contributed by atoms with van der Waals surface area (Å²) in [5, 5.41) is 22.7. The van der Waals surface area contributed by atoms with Crippen molar-refractivity contribution in [3.8, 4) is 0 Å². The van der Waals surface area contributed by atoms with E-state index in [1.54, 1.807) is 0 Å². The van der Waals surface area contributed by atoms with Crippen molar-refractivity contribution in [1.82, 2.24) is 15.5 Å². The summed E-state index contributed by atoms with van der Waals surface area (Å²) in [6, 6.07) is -1.28. The van der Waals surface area contributed by atoms with Crippen LogP contribution in [0.2, 0.25) is 0 Å². The van der Waals surface area contributed by atoms with E-state index in [1.165, 1.54) is 7.11 Å². The van der Waals surface area contributed by atoms with Crippen LogP contribution in [0.25, 0.3) is 0 Å². The standard InChI is InChI=1S/C21H30N4O11S/c1-3-4-8-35-20(33)23-12(15(27)28)6-5-7-13(26)24-21(34-2)17(31)25-14(16(29)30)11(9-36-19(22)32)10-37-18(21)25/h12,18H,3-10H2,1-2H3,(H2,22,32)(H,23,33)(H,24,26)(H,27,28)(H,29,30)/t12?,18-,21-/m0/s1. The highest BCUT2D eigenvalue weighted by Crippen LogP contribution is 2.46. The van der Waals surface area contributed by atoms with Gasteiger partial charge in [0, 0.05) is 24.9 Å². The number of carboxylic acid groups (broad SMARTS) is 2. The maximum atomic E-state index is 13.0. The van der Waals surface area contributed by atoms with Crippen LogP contribution in [0.15, 0.2) is 11.3 Å². The second-order valence-electron chi connectivity index (χ2n) is 8.11. The summed E-state index contributed by atoms with van der Waals surface area (Å²) in [5.74, 6) is -4.15. The topological polar surface area (TPSA) is 224 Å². The van der Waals surface area contributed by atoms with Crippen LogP contribution in [0, 0.1) is 0 Å². The van der Waals surface area contributed by atoms with Gasteiger partial charge in [-0.05, 0) is 19.3 Å². The Labute approximate surface area is 216 Å². The van der Waals surface area contributed by atoms with Gasteiger partial charge in [0.2, 0.25) is 5.91 Å². The van der Waals surface area contributed by atoms with Crippen LogP contribution in [0.3, 0.4) is 0 Å². The average molecular weight is 547 g/mol. The Kier molecular flexibility index (Phi) is 10.5. The third-order valence-electron chi connectivity index (χ3n) is 5.57. The second kappa shape index (κ2) is 13.1. The van der Waals surface area contributed by atoms with Gasteiger partial charge >= 0.3 is 24.1 Å². The fraction of sp³-hybridized carbons (Fsp3) is 0.619. The summed E-state index contributed by atoms with van der Waals surface area (Å²) >= 11 is 1.09. The Hall–Kier alpha value is -3.53. The number of primary amides is 1. The van der Waals surface area contributed by atoms with E-state index < -0.39 is 65.4 Å². The van der Waals surface area contributed by atoms with Crippen molar-refractivity contribution in [1.29, 1.82) is 0 Å². The van der Waals surface area contributed by atoms with Gasteiger partial charge in [-0.15, -0.1) is 11.8 Å². The SMILES string of the molecule is CCCCOC(=O)NC(CCCC(=O)N[C@]1(OC)C(=O)N2C(C(=O)O)=C(COC(N)=O)CS[C@H]21)C(=O)O. The number of aliphatic carboxylic acids is 2. The van der Waals surface area contributed by atoms with Gasteiger partial charge in [-0.1, -0.05) is 13.3 Å². The number of amides is 4. The Morgan fingerprint density at radius 1 is 1.22 bits per heavy atom. The van der Waals surface area contributed by atoms with E-state index >= 15 is 0 Å². The molecule has 37 heavy (non-hydrogen) atoms. The molecule has 2 rings (SSSR count). The predicted octanol–water partition coefficient (Wildman–Crippen LogP) is -0.0558. The molecule has 0 spiro atoms. The number of unbranched alkanes of at least 4 members (excludes halogenated alkanes) is 1. The van der Waals surface area contributed by atoms with Crippen LogP contribution < -0.4 is 16.4 Å². The highest BCUT2D eigenvalue weighted by atomic mass is 32.2. The number of β-lactam (4-membered cyclic amide) rings is 1. The summed E-state index contributed by atoms with van der Waals surface area (Å²) in [4.78, 5) is 72.4. The van der Waals surface area contributed by atoms with Crippen molar-refractivity contribution >= 4 is 47.7 Å². The third-order valence-corrected chi connectivity index (χ3v) is 6.94. The monoisotopic (exact) mass is 546 g/mol. The lowest BCUT2D eigenvalue weighted by Gasteiger charge is -2.55. The fourth-order valence-electron chi connectivity index (χ4n) is 3.70. The van der Waals surface area contributed by atoms with E-state index in [-0.39, 0.29) is 37.2 Å². The molecule has 1 unspecified atom stereocenters. The van der Waals surface area contributed by atoms with Gasteiger partial charge in [-0.25, -0.2) is 19.2 Å². The molecule has 2 heterocycles. The summed E-state index contributed by atoms with van der Waals surface area (Å²) in [6.45, 7) is 1.64. The number of thioether (sulfide) groups is 1. The van der Waals surface area contributed by atoms with Gasteiger partial charge in [0.1, 0.15) is 23.7 Å². The van der Waals surface area contributed by atoms with E-state index in [9.17, 15) is 39.0 Å². The number of nitrogens with zero attached hydrogens (tertiary/aromatic N) is 1. The molecule has 0 bridgehead atoms. The lowest BCUT2D eigenvalue weighted by atomic mass is 9.97. The molecule has 15 nitrogen and oxygen atoms in total. The van der Waals surface area contributed by atoms with Crippen LogP contribution in [-0.2, 0) is 33.4 Å². The molecule has 206 valence electrons. The molecule has 2 aliphatic rings. The molecule has 1 fully saturated rings. The summed E-state index contributed by atoms with van der Waals surface area (Å²) in [7, 11) is 1.18. The zero-order valence-electron chi connectivity index (χ0n) is 20.3. The van der Waals surface area contributed by atoms with Crippen LogP contribution >= 0.6 is 11.8 Å². The Morgan fingerprint density at radius 2 is 1.92 bits per heavy atom. The fourth-order valence-corrected chi connectivity index (χ4v) is 5.12. The molecule has 0 aromatic rings. The number of hydrogen-bond donors (Lipinski definition) is 5. The molecule has 1 saturated heterocycles. The van der Waals surface area contributed by atoms with Crippen LogP contribution in [0.1, 0.15) is 39.0 Å². The maximum absolute atomic E-state index is 13.0. The largest absolute Gasteiger partial charge is 0.480 e. The van der Waals surface area contributed by atoms with E-state index in [2.05, 4.69) is 15.4 Å². The Bertz CT molecular complexity index is 972. The second-order valence-corrected chi connectivity index (χ2v) is 9.18. The number of nitrogens with two attached hydrogens (primary N) is 1. The highest BCUT2D eigenvalue weighted by Gasteiger charge is 2.66. The van der Waals surface area contributed by atoms with Gasteiger partial charge < -0.3 is 40.8 Å². The van der Waals surface area contributed by atoms with Gasteiger partial charge in [0.25, 0.3) is 11.6 Å². The number of methoxy groups -OCH3 is 1. The first-order valence-corrected chi connectivity index (χ1v) is 12.4. The molecule has 6 N–H and O–H groups in total. The molecule has 0 aromatic heterocycles. The number of ether oxygens (including phenoxy) is 3. The van der Waals surface area contributed by atoms with Gasteiger partial charge in [-0.2, -0.15) is 0 Å². The molecule has 0 radical (unpaired) electrons. The summed E-state index contributed by atoms with van der Waals surface area (Å²) in [5.41, 5.74) is 2.85. The average Bonchev–Trinajstić information content (AvgIpc) is 2.84. The number of fused-ring (bicyclic) bond motifs is 1. The normalized spacial score (nSPS) is 21.3. The van der Waals surface area contributed by atoms with Gasteiger partial charge in [0.15, 0.2) is 0 Å². The van der Waals surface area contributed by atoms with E-state index in [0.29, 0.717) is 6.42 Å². The molecule has 0 aromatic carbocycles. The first kappa shape index (κ1) is 29.7. The molecule has 3 atom stereocenters. The Balaban J connectivity index is 1.99. The first-order valence-electron chi connectivity index (χ1n) is 11.3. The van der Waals surface area contributed by atoms with Crippen molar-refractivity contribution in [3.05, 3.63) is 11.3 Å².